The van der Waals surface area contributed by atoms with Gasteiger partial charge in [0.1, 0.15) is 28.9 Å². The minimum absolute atomic E-state index is 0.0428. The summed E-state index contributed by atoms with van der Waals surface area (Å²) in [5.74, 6) is 0.665. The highest BCUT2D eigenvalue weighted by Crippen LogP contribution is 2.39. The summed E-state index contributed by atoms with van der Waals surface area (Å²) in [6, 6.07) is 12.3. The molecule has 0 aliphatic rings. The van der Waals surface area contributed by atoms with Crippen LogP contribution in [0.4, 0.5) is 0 Å². The molecule has 2 aromatic carbocycles. The zero-order chi connectivity index (χ0) is 24.7. The molecule has 0 fully saturated rings. The Kier molecular flexibility index (Phi) is 5.91. The number of aromatic hydroxyl groups is 1. The van der Waals surface area contributed by atoms with Crippen molar-refractivity contribution in [1.29, 1.82) is 0 Å². The number of imidazole rings is 1. The lowest BCUT2D eigenvalue weighted by Gasteiger charge is -2.16. The number of ether oxygens (including phenoxy) is 2. The number of aryl methyl sites for hydroxylation is 1. The Hall–Kier alpha value is -3.89. The molecular formula is C24H19ClN4O5S. The van der Waals surface area contributed by atoms with E-state index >= 15 is 0 Å². The molecule has 1 N–H and O–H groups in total. The van der Waals surface area contributed by atoms with Gasteiger partial charge in [0, 0.05) is 24.1 Å². The molecule has 0 aliphatic heterocycles. The number of aromatic nitrogens is 4. The number of phenolic OH excluding ortho intramolecular Hbond substituents is 1. The van der Waals surface area contributed by atoms with Gasteiger partial charge in [-0.25, -0.2) is 9.78 Å². The van der Waals surface area contributed by atoms with E-state index in [1.807, 2.05) is 22.8 Å². The summed E-state index contributed by atoms with van der Waals surface area (Å²) in [4.78, 5) is 17.3. The third-order valence-electron chi connectivity index (χ3n) is 5.36. The Morgan fingerprint density at radius 2 is 2.06 bits per heavy atom. The van der Waals surface area contributed by atoms with Crippen molar-refractivity contribution in [3.63, 3.8) is 0 Å². The minimum atomic E-state index is -0.541. The number of rotatable bonds is 6. The summed E-state index contributed by atoms with van der Waals surface area (Å²) in [6.45, 7) is 3.51. The number of hydrogen-bond donors (Lipinski definition) is 1. The van der Waals surface area contributed by atoms with E-state index in [1.165, 1.54) is 24.5 Å². The second kappa shape index (κ2) is 9.05. The summed E-state index contributed by atoms with van der Waals surface area (Å²) in [5, 5.41) is 18.8. The van der Waals surface area contributed by atoms with Crippen molar-refractivity contribution in [3.05, 3.63) is 70.1 Å². The molecule has 5 rings (SSSR count). The number of halogens is 1. The number of esters is 1. The second-order valence-corrected chi connectivity index (χ2v) is 9.06. The van der Waals surface area contributed by atoms with E-state index in [1.54, 1.807) is 38.4 Å². The van der Waals surface area contributed by atoms with Crippen LogP contribution in [0.15, 0.2) is 53.2 Å². The lowest BCUT2D eigenvalue weighted by atomic mass is 10.1. The lowest BCUT2D eigenvalue weighted by molar-refractivity contribution is 0.0600. The first-order valence-electron chi connectivity index (χ1n) is 10.5. The van der Waals surface area contributed by atoms with E-state index in [-0.39, 0.29) is 10.8 Å². The molecule has 0 saturated heterocycles. The smallest absolute Gasteiger partial charge is 0.351 e. The molecule has 0 bridgehead atoms. The van der Waals surface area contributed by atoms with Crippen LogP contribution in [0, 0.1) is 6.92 Å². The first-order chi connectivity index (χ1) is 16.9. The van der Waals surface area contributed by atoms with Gasteiger partial charge in [-0.1, -0.05) is 23.7 Å². The van der Waals surface area contributed by atoms with Crippen LogP contribution in [0.25, 0.3) is 27.5 Å². The van der Waals surface area contributed by atoms with E-state index < -0.39 is 12.1 Å². The Balaban J connectivity index is 1.52. The maximum absolute atomic E-state index is 12.5. The number of fused-ring (bicyclic) bond motifs is 1. The van der Waals surface area contributed by atoms with Crippen molar-refractivity contribution in [1.82, 2.24) is 19.7 Å². The third kappa shape index (κ3) is 4.22. The first kappa shape index (κ1) is 22.9. The zero-order valence-corrected chi connectivity index (χ0v) is 20.4. The second-order valence-electron chi connectivity index (χ2n) is 7.65. The number of thiophene rings is 1. The highest BCUT2D eigenvalue weighted by molar-refractivity contribution is 7.16. The SMILES string of the molecule is COC(=O)c1sc(-n2cnc3cc(-c4nnc(C)o4)ccc32)cc1OC(C)c1cccc(O)c1Cl. The topological polar surface area (TPSA) is 113 Å². The number of hydrogen-bond acceptors (Lipinski definition) is 9. The Labute approximate surface area is 208 Å². The van der Waals surface area contributed by atoms with Crippen molar-refractivity contribution >= 4 is 39.9 Å². The largest absolute Gasteiger partial charge is 0.506 e. The first-order valence-corrected chi connectivity index (χ1v) is 11.7. The average Bonchev–Trinajstić information content (AvgIpc) is 3.58. The molecule has 178 valence electrons. The number of carbonyl (C=O) groups is 1. The van der Waals surface area contributed by atoms with Gasteiger partial charge in [0.25, 0.3) is 0 Å². The number of phenols is 1. The van der Waals surface area contributed by atoms with E-state index in [0.717, 1.165) is 11.1 Å². The quantitative estimate of drug-likeness (QED) is 0.288. The van der Waals surface area contributed by atoms with Gasteiger partial charge in [0.05, 0.1) is 23.2 Å². The van der Waals surface area contributed by atoms with Crippen molar-refractivity contribution < 1.29 is 23.8 Å². The maximum Gasteiger partial charge on any atom is 0.351 e. The van der Waals surface area contributed by atoms with Gasteiger partial charge < -0.3 is 19.0 Å². The molecule has 0 amide bonds. The van der Waals surface area contributed by atoms with Gasteiger partial charge >= 0.3 is 5.97 Å². The van der Waals surface area contributed by atoms with Crippen LogP contribution < -0.4 is 4.74 Å². The zero-order valence-electron chi connectivity index (χ0n) is 18.9. The summed E-state index contributed by atoms with van der Waals surface area (Å²) in [5.41, 5.74) is 2.88. The van der Waals surface area contributed by atoms with Crippen LogP contribution in [-0.4, -0.2) is 37.9 Å². The van der Waals surface area contributed by atoms with Crippen molar-refractivity contribution in [2.45, 2.75) is 20.0 Å². The molecular weight excluding hydrogens is 492 g/mol. The van der Waals surface area contributed by atoms with Crippen LogP contribution in [-0.2, 0) is 4.74 Å². The molecule has 35 heavy (non-hydrogen) atoms. The fourth-order valence-corrected chi connectivity index (χ4v) is 4.92. The van der Waals surface area contributed by atoms with Gasteiger partial charge in [-0.3, -0.25) is 4.57 Å². The molecule has 5 aromatic rings. The molecule has 0 radical (unpaired) electrons. The fourth-order valence-electron chi connectivity index (χ4n) is 3.64. The van der Waals surface area contributed by atoms with Crippen LogP contribution in [0.3, 0.4) is 0 Å². The van der Waals surface area contributed by atoms with E-state index in [0.29, 0.717) is 38.5 Å². The minimum Gasteiger partial charge on any atom is -0.506 e. The predicted molar refractivity (Wildman–Crippen MR) is 130 cm³/mol. The maximum atomic E-state index is 12.5. The van der Waals surface area contributed by atoms with Gasteiger partial charge in [-0.2, -0.15) is 0 Å². The number of benzene rings is 2. The van der Waals surface area contributed by atoms with Crippen LogP contribution >= 0.6 is 22.9 Å². The highest BCUT2D eigenvalue weighted by atomic mass is 35.5. The van der Waals surface area contributed by atoms with Crippen LogP contribution in [0.1, 0.15) is 34.2 Å². The molecule has 0 saturated carbocycles. The predicted octanol–water partition coefficient (Wildman–Crippen LogP) is 5.73. The van der Waals surface area contributed by atoms with Crippen molar-refractivity contribution in [3.8, 4) is 28.0 Å². The standard InChI is InChI=1S/C24H19ClN4O5S/c1-12(15-5-4-6-18(30)21(15)25)33-19-10-20(35-22(19)24(31)32-3)29-11-26-16-9-14(7-8-17(16)29)23-28-27-13(2)34-23/h4-12,30H,1-3H3. The molecule has 3 heterocycles. The van der Waals surface area contributed by atoms with E-state index in [9.17, 15) is 9.90 Å². The third-order valence-corrected chi connectivity index (χ3v) is 6.87. The summed E-state index contributed by atoms with van der Waals surface area (Å²) in [6.07, 6.45) is 1.13. The molecule has 9 nitrogen and oxygen atoms in total. The monoisotopic (exact) mass is 510 g/mol. The fraction of sp³-hybridized carbons (Fsp3) is 0.167. The molecule has 1 unspecified atom stereocenters. The van der Waals surface area contributed by atoms with Gasteiger partial charge in [-0.15, -0.1) is 21.5 Å². The summed E-state index contributed by atoms with van der Waals surface area (Å²) >= 11 is 7.46. The van der Waals surface area contributed by atoms with Gasteiger partial charge in [0.2, 0.25) is 11.8 Å². The summed E-state index contributed by atoms with van der Waals surface area (Å²) in [7, 11) is 1.31. The van der Waals surface area contributed by atoms with Crippen molar-refractivity contribution in [2.75, 3.05) is 7.11 Å². The van der Waals surface area contributed by atoms with Crippen molar-refractivity contribution in [2.24, 2.45) is 0 Å². The van der Waals surface area contributed by atoms with Crippen LogP contribution in [0.5, 0.6) is 11.5 Å². The lowest BCUT2D eigenvalue weighted by Crippen LogP contribution is -2.07. The average molecular weight is 511 g/mol. The molecule has 11 heteroatoms. The Bertz CT molecular complexity index is 1560. The van der Waals surface area contributed by atoms with Gasteiger partial charge in [0.15, 0.2) is 4.88 Å². The van der Waals surface area contributed by atoms with Crippen LogP contribution in [0.2, 0.25) is 5.02 Å². The molecule has 1 atom stereocenters. The van der Waals surface area contributed by atoms with E-state index in [4.69, 9.17) is 25.5 Å². The number of methoxy groups -OCH3 is 1. The molecule has 3 aromatic heterocycles. The normalized spacial score (nSPS) is 12.1. The molecule has 0 spiro atoms. The summed E-state index contributed by atoms with van der Waals surface area (Å²) < 4.78 is 18.4. The highest BCUT2D eigenvalue weighted by Gasteiger charge is 2.23. The number of carbonyl (C=O) groups excluding carboxylic acids is 1. The Morgan fingerprint density at radius 1 is 1.23 bits per heavy atom. The number of nitrogens with zero attached hydrogens (tertiary/aromatic N) is 4. The molecule has 0 aliphatic carbocycles. The Morgan fingerprint density at radius 3 is 2.80 bits per heavy atom. The van der Waals surface area contributed by atoms with E-state index in [2.05, 4.69) is 15.2 Å². The van der Waals surface area contributed by atoms with Gasteiger partial charge in [-0.05, 0) is 31.2 Å².